The van der Waals surface area contributed by atoms with Crippen LogP contribution in [-0.2, 0) is 9.59 Å². The molecule has 2 rings (SSSR count). The van der Waals surface area contributed by atoms with Gasteiger partial charge in [0.25, 0.3) is 0 Å². The number of piperidine rings is 1. The fourth-order valence-electron chi connectivity index (χ4n) is 3.36. The highest BCUT2D eigenvalue weighted by Crippen LogP contribution is 2.40. The molecule has 0 unspecified atom stereocenters. The molecule has 0 radical (unpaired) electrons. The van der Waals surface area contributed by atoms with Gasteiger partial charge in [-0.05, 0) is 25.7 Å². The number of amides is 2. The number of carbonyl (C=O) groups excluding carboxylic acids is 2. The Bertz CT molecular complexity index is 411. The molecule has 112 valence electrons. The normalized spacial score (nSPS) is 22.6. The summed E-state index contributed by atoms with van der Waals surface area (Å²) in [7, 11) is 0. The highest BCUT2D eigenvalue weighted by molar-refractivity contribution is 7.80. The number of rotatable bonds is 3. The fourth-order valence-corrected chi connectivity index (χ4v) is 3.65. The number of carbonyl (C=O) groups is 2. The number of nitrogens with zero attached hydrogens (tertiary/aromatic N) is 1. The molecule has 5 nitrogen and oxygen atoms in total. The molecule has 1 aliphatic carbocycles. The van der Waals surface area contributed by atoms with Crippen molar-refractivity contribution in [2.24, 2.45) is 11.1 Å². The first-order valence-corrected chi connectivity index (χ1v) is 7.73. The van der Waals surface area contributed by atoms with Gasteiger partial charge in [-0.25, -0.2) is 0 Å². The summed E-state index contributed by atoms with van der Waals surface area (Å²) < 4.78 is 0. The molecule has 6 heteroatoms. The maximum Gasteiger partial charge on any atom is 0.235 e. The summed E-state index contributed by atoms with van der Waals surface area (Å²) in [5.41, 5.74) is 5.26. The van der Waals surface area contributed by atoms with Gasteiger partial charge in [0.1, 0.15) is 0 Å². The standard InChI is InChI=1S/C14H23N3O2S/c1-10(18)16-11-4-8-17(9-5-11)13(19)14(12(15)20)6-2-3-7-14/h11H,2-9H2,1H3,(H2,15,20)(H,16,18). The van der Waals surface area contributed by atoms with Gasteiger partial charge in [-0.15, -0.1) is 0 Å². The van der Waals surface area contributed by atoms with Crippen LogP contribution in [0.1, 0.15) is 45.4 Å². The minimum Gasteiger partial charge on any atom is -0.392 e. The van der Waals surface area contributed by atoms with Crippen LogP contribution in [0.4, 0.5) is 0 Å². The van der Waals surface area contributed by atoms with Gasteiger partial charge in [0, 0.05) is 26.1 Å². The number of thiocarbonyl (C=S) groups is 1. The maximum absolute atomic E-state index is 12.8. The van der Waals surface area contributed by atoms with E-state index in [0.29, 0.717) is 18.1 Å². The molecule has 2 amide bonds. The van der Waals surface area contributed by atoms with Gasteiger partial charge in [0.2, 0.25) is 11.8 Å². The molecule has 2 fully saturated rings. The van der Waals surface area contributed by atoms with E-state index >= 15 is 0 Å². The Morgan fingerprint density at radius 3 is 2.25 bits per heavy atom. The molecular weight excluding hydrogens is 274 g/mol. The second-order valence-corrected chi connectivity index (χ2v) is 6.36. The van der Waals surface area contributed by atoms with Gasteiger partial charge in [0.15, 0.2) is 0 Å². The minimum atomic E-state index is -0.601. The van der Waals surface area contributed by atoms with E-state index in [1.54, 1.807) is 0 Å². The summed E-state index contributed by atoms with van der Waals surface area (Å²) >= 11 is 5.17. The zero-order valence-corrected chi connectivity index (χ0v) is 12.8. The minimum absolute atomic E-state index is 0.00910. The first kappa shape index (κ1) is 15.2. The molecule has 2 aliphatic rings. The van der Waals surface area contributed by atoms with Gasteiger partial charge in [0.05, 0.1) is 10.4 Å². The van der Waals surface area contributed by atoms with Crippen LogP contribution < -0.4 is 11.1 Å². The monoisotopic (exact) mass is 297 g/mol. The van der Waals surface area contributed by atoms with Gasteiger partial charge in [-0.2, -0.15) is 0 Å². The quantitative estimate of drug-likeness (QED) is 0.761. The lowest BCUT2D eigenvalue weighted by Crippen LogP contribution is -2.53. The predicted molar refractivity (Wildman–Crippen MR) is 81.1 cm³/mol. The van der Waals surface area contributed by atoms with Crippen molar-refractivity contribution in [3.8, 4) is 0 Å². The Morgan fingerprint density at radius 1 is 1.25 bits per heavy atom. The van der Waals surface area contributed by atoms with E-state index in [2.05, 4.69) is 5.32 Å². The lowest BCUT2D eigenvalue weighted by atomic mass is 9.83. The molecule has 0 spiro atoms. The molecule has 0 bridgehead atoms. The topological polar surface area (TPSA) is 75.4 Å². The van der Waals surface area contributed by atoms with Crippen molar-refractivity contribution < 1.29 is 9.59 Å². The van der Waals surface area contributed by atoms with Crippen molar-refractivity contribution in [1.82, 2.24) is 10.2 Å². The second kappa shape index (κ2) is 6.08. The molecule has 0 atom stereocenters. The average Bonchev–Trinajstić information content (AvgIpc) is 2.88. The summed E-state index contributed by atoms with van der Waals surface area (Å²) in [6.45, 7) is 2.88. The van der Waals surface area contributed by atoms with Crippen LogP contribution in [0.5, 0.6) is 0 Å². The highest BCUT2D eigenvalue weighted by Gasteiger charge is 2.46. The summed E-state index contributed by atoms with van der Waals surface area (Å²) in [6.07, 6.45) is 5.22. The second-order valence-electron chi connectivity index (χ2n) is 5.92. The smallest absolute Gasteiger partial charge is 0.235 e. The van der Waals surface area contributed by atoms with Crippen molar-refractivity contribution in [3.63, 3.8) is 0 Å². The van der Waals surface area contributed by atoms with Crippen LogP contribution in [0.2, 0.25) is 0 Å². The van der Waals surface area contributed by atoms with Gasteiger partial charge >= 0.3 is 0 Å². The highest BCUT2D eigenvalue weighted by atomic mass is 32.1. The van der Waals surface area contributed by atoms with Gasteiger partial charge in [-0.1, -0.05) is 25.1 Å². The van der Waals surface area contributed by atoms with E-state index in [0.717, 1.165) is 38.5 Å². The van der Waals surface area contributed by atoms with Crippen LogP contribution >= 0.6 is 12.2 Å². The van der Waals surface area contributed by atoms with Crippen LogP contribution in [0.25, 0.3) is 0 Å². The molecule has 0 aromatic heterocycles. The number of likely N-dealkylation sites (tertiary alicyclic amines) is 1. The van der Waals surface area contributed by atoms with Crippen LogP contribution in [0.15, 0.2) is 0 Å². The van der Waals surface area contributed by atoms with E-state index in [-0.39, 0.29) is 17.9 Å². The number of nitrogens with one attached hydrogen (secondary N) is 1. The lowest BCUT2D eigenvalue weighted by molar-refractivity contribution is -0.139. The van der Waals surface area contributed by atoms with E-state index < -0.39 is 5.41 Å². The number of hydrogen-bond acceptors (Lipinski definition) is 3. The molecule has 3 N–H and O–H groups in total. The number of hydrogen-bond donors (Lipinski definition) is 2. The third kappa shape index (κ3) is 2.95. The van der Waals surface area contributed by atoms with E-state index in [9.17, 15) is 9.59 Å². The third-order valence-electron chi connectivity index (χ3n) is 4.53. The largest absolute Gasteiger partial charge is 0.392 e. The molecule has 1 saturated heterocycles. The Morgan fingerprint density at radius 2 is 1.80 bits per heavy atom. The zero-order valence-electron chi connectivity index (χ0n) is 12.0. The number of nitrogens with two attached hydrogens (primary N) is 1. The summed E-state index contributed by atoms with van der Waals surface area (Å²) in [5.74, 6) is 0.0916. The summed E-state index contributed by atoms with van der Waals surface area (Å²) in [6, 6.07) is 0.181. The Kier molecular flexibility index (Phi) is 4.62. The van der Waals surface area contributed by atoms with Crippen molar-refractivity contribution in [1.29, 1.82) is 0 Å². The maximum atomic E-state index is 12.8. The van der Waals surface area contributed by atoms with Crippen LogP contribution in [0.3, 0.4) is 0 Å². The Labute approximate surface area is 125 Å². The molecule has 0 aromatic carbocycles. The first-order valence-electron chi connectivity index (χ1n) is 7.32. The van der Waals surface area contributed by atoms with Crippen LogP contribution in [-0.4, -0.2) is 40.8 Å². The van der Waals surface area contributed by atoms with Crippen LogP contribution in [0, 0.1) is 5.41 Å². The van der Waals surface area contributed by atoms with Gasteiger partial charge < -0.3 is 16.0 Å². The average molecular weight is 297 g/mol. The Hall–Kier alpha value is -1.17. The molecule has 1 heterocycles. The molecule has 20 heavy (non-hydrogen) atoms. The van der Waals surface area contributed by atoms with E-state index in [1.165, 1.54) is 6.92 Å². The molecule has 1 saturated carbocycles. The zero-order chi connectivity index (χ0) is 14.8. The fraction of sp³-hybridized carbons (Fsp3) is 0.786. The van der Waals surface area contributed by atoms with Crippen molar-refractivity contribution in [3.05, 3.63) is 0 Å². The molecule has 0 aromatic rings. The third-order valence-corrected chi connectivity index (χ3v) is 4.92. The molecule has 1 aliphatic heterocycles. The summed E-state index contributed by atoms with van der Waals surface area (Å²) in [4.78, 5) is 26.0. The van der Waals surface area contributed by atoms with E-state index in [4.69, 9.17) is 18.0 Å². The predicted octanol–water partition coefficient (Wildman–Crippen LogP) is 0.960. The van der Waals surface area contributed by atoms with Crippen molar-refractivity contribution in [2.75, 3.05) is 13.1 Å². The van der Waals surface area contributed by atoms with E-state index in [1.807, 2.05) is 4.90 Å². The van der Waals surface area contributed by atoms with Crippen molar-refractivity contribution >= 4 is 29.0 Å². The van der Waals surface area contributed by atoms with Gasteiger partial charge in [-0.3, -0.25) is 9.59 Å². The van der Waals surface area contributed by atoms with Crippen molar-refractivity contribution in [2.45, 2.75) is 51.5 Å². The first-order chi connectivity index (χ1) is 9.45. The molecular formula is C14H23N3O2S. The SMILES string of the molecule is CC(=O)NC1CCN(C(=O)C2(C(N)=S)CCCC2)CC1. The summed E-state index contributed by atoms with van der Waals surface area (Å²) in [5, 5.41) is 2.92. The Balaban J connectivity index is 1.97. The lowest BCUT2D eigenvalue weighted by Gasteiger charge is -2.38.